The van der Waals surface area contributed by atoms with Crippen molar-refractivity contribution in [1.82, 2.24) is 14.9 Å². The topological polar surface area (TPSA) is 123 Å². The van der Waals surface area contributed by atoms with E-state index in [9.17, 15) is 19.2 Å². The summed E-state index contributed by atoms with van der Waals surface area (Å²) in [5, 5.41) is 8.78. The molecule has 0 saturated carbocycles. The zero-order valence-corrected chi connectivity index (χ0v) is 10.7. The largest absolute Gasteiger partial charge is 0.481 e. The average molecular weight is 281 g/mol. The van der Waals surface area contributed by atoms with Crippen molar-refractivity contribution in [1.29, 1.82) is 0 Å². The number of carbonyl (C=O) groups excluding carboxylic acids is 1. The highest BCUT2D eigenvalue weighted by molar-refractivity contribution is 5.93. The summed E-state index contributed by atoms with van der Waals surface area (Å²) in [5.41, 5.74) is -1.55. The second-order valence-electron chi connectivity index (χ2n) is 4.84. The number of carbonyl (C=O) groups is 2. The summed E-state index contributed by atoms with van der Waals surface area (Å²) in [7, 11) is 0. The molecule has 3 N–H and O–H groups in total. The molecule has 0 bridgehead atoms. The minimum Gasteiger partial charge on any atom is -0.481 e. The summed E-state index contributed by atoms with van der Waals surface area (Å²) in [4.78, 5) is 51.1. The lowest BCUT2D eigenvalue weighted by atomic mass is 9.94. The Morgan fingerprint density at radius 3 is 2.80 bits per heavy atom. The molecule has 1 aliphatic rings. The maximum Gasteiger partial charge on any atom is 0.325 e. The Hall–Kier alpha value is -2.38. The minimum absolute atomic E-state index is 0.00571. The normalized spacial score (nSPS) is 18.8. The molecule has 0 aromatic carbocycles. The first kappa shape index (κ1) is 14.0. The molecular formula is C12H15N3O5. The van der Waals surface area contributed by atoms with E-state index in [-0.39, 0.29) is 17.9 Å². The number of nitrogens with zero attached hydrogens (tertiary/aromatic N) is 1. The molecule has 0 radical (unpaired) electrons. The molecule has 1 aromatic rings. The van der Waals surface area contributed by atoms with Gasteiger partial charge in [-0.05, 0) is 18.8 Å². The summed E-state index contributed by atoms with van der Waals surface area (Å²) in [5.74, 6) is -1.49. The van der Waals surface area contributed by atoms with Crippen LogP contribution in [0, 0.1) is 5.92 Å². The first-order valence-electron chi connectivity index (χ1n) is 6.30. The van der Waals surface area contributed by atoms with Crippen LogP contribution in [0.1, 0.15) is 29.6 Å². The van der Waals surface area contributed by atoms with Gasteiger partial charge in [0.2, 0.25) is 0 Å². The third kappa shape index (κ3) is 3.14. The van der Waals surface area contributed by atoms with Crippen LogP contribution < -0.4 is 11.2 Å². The number of amides is 1. The molecule has 1 aromatic heterocycles. The van der Waals surface area contributed by atoms with Crippen LogP contribution in [0.5, 0.6) is 0 Å². The summed E-state index contributed by atoms with van der Waals surface area (Å²) in [6, 6.07) is 0. The number of rotatable bonds is 3. The zero-order valence-electron chi connectivity index (χ0n) is 10.7. The molecule has 1 amide bonds. The molecule has 1 unspecified atom stereocenters. The van der Waals surface area contributed by atoms with E-state index < -0.39 is 23.1 Å². The predicted molar refractivity (Wildman–Crippen MR) is 68.6 cm³/mol. The van der Waals surface area contributed by atoms with Crippen LogP contribution in [0.15, 0.2) is 15.8 Å². The maximum absolute atomic E-state index is 12.2. The molecule has 8 heteroatoms. The van der Waals surface area contributed by atoms with Crippen molar-refractivity contribution >= 4 is 11.9 Å². The molecule has 108 valence electrons. The molecule has 1 saturated heterocycles. The van der Waals surface area contributed by atoms with Crippen LogP contribution in [0.25, 0.3) is 0 Å². The van der Waals surface area contributed by atoms with Crippen molar-refractivity contribution in [2.45, 2.75) is 19.3 Å². The quantitative estimate of drug-likeness (QED) is 0.682. The van der Waals surface area contributed by atoms with Crippen molar-refractivity contribution in [2.75, 3.05) is 13.1 Å². The fraction of sp³-hybridized carbons (Fsp3) is 0.500. The van der Waals surface area contributed by atoms with E-state index in [4.69, 9.17) is 5.11 Å². The number of hydrogen-bond donors (Lipinski definition) is 3. The fourth-order valence-corrected chi connectivity index (χ4v) is 2.40. The van der Waals surface area contributed by atoms with Gasteiger partial charge in [0.05, 0.1) is 0 Å². The fourth-order valence-electron chi connectivity index (χ4n) is 2.40. The monoisotopic (exact) mass is 281 g/mol. The third-order valence-corrected chi connectivity index (χ3v) is 3.32. The maximum atomic E-state index is 12.2. The van der Waals surface area contributed by atoms with Crippen LogP contribution in [-0.2, 0) is 4.79 Å². The number of H-pyrrole nitrogens is 2. The Morgan fingerprint density at radius 1 is 1.40 bits per heavy atom. The highest BCUT2D eigenvalue weighted by Crippen LogP contribution is 2.20. The number of aromatic amines is 2. The van der Waals surface area contributed by atoms with Crippen LogP contribution in [0.3, 0.4) is 0 Å². The lowest BCUT2D eigenvalue weighted by Crippen LogP contribution is -2.43. The number of piperidine rings is 1. The summed E-state index contributed by atoms with van der Waals surface area (Å²) in [6.45, 7) is 0.789. The first-order chi connectivity index (χ1) is 9.47. The highest BCUT2D eigenvalue weighted by atomic mass is 16.4. The van der Waals surface area contributed by atoms with E-state index in [1.807, 2.05) is 4.98 Å². The van der Waals surface area contributed by atoms with E-state index in [1.54, 1.807) is 0 Å². The first-order valence-corrected chi connectivity index (χ1v) is 6.30. The van der Waals surface area contributed by atoms with E-state index in [2.05, 4.69) is 4.98 Å². The molecule has 8 nitrogen and oxygen atoms in total. The number of aromatic nitrogens is 2. The lowest BCUT2D eigenvalue weighted by molar-refractivity contribution is -0.138. The van der Waals surface area contributed by atoms with E-state index in [1.165, 1.54) is 4.90 Å². The van der Waals surface area contributed by atoms with Gasteiger partial charge in [-0.2, -0.15) is 0 Å². The molecule has 1 aliphatic heterocycles. The van der Waals surface area contributed by atoms with Crippen molar-refractivity contribution in [2.24, 2.45) is 5.92 Å². The van der Waals surface area contributed by atoms with Crippen molar-refractivity contribution in [3.8, 4) is 0 Å². The number of nitrogens with one attached hydrogen (secondary N) is 2. The number of carboxylic acids is 1. The number of aliphatic carboxylic acids is 1. The van der Waals surface area contributed by atoms with Gasteiger partial charge >= 0.3 is 11.7 Å². The van der Waals surface area contributed by atoms with Crippen LogP contribution in [-0.4, -0.2) is 44.9 Å². The van der Waals surface area contributed by atoms with Gasteiger partial charge in [0, 0.05) is 25.7 Å². The molecule has 0 spiro atoms. The van der Waals surface area contributed by atoms with Crippen LogP contribution in [0.2, 0.25) is 0 Å². The van der Waals surface area contributed by atoms with Gasteiger partial charge in [-0.15, -0.1) is 0 Å². The van der Waals surface area contributed by atoms with Crippen molar-refractivity contribution in [3.63, 3.8) is 0 Å². The zero-order chi connectivity index (χ0) is 14.7. The molecule has 2 heterocycles. The second-order valence-corrected chi connectivity index (χ2v) is 4.84. The Labute approximate surface area is 113 Å². The smallest absolute Gasteiger partial charge is 0.325 e. The van der Waals surface area contributed by atoms with Crippen LogP contribution in [0.4, 0.5) is 0 Å². The van der Waals surface area contributed by atoms with Gasteiger partial charge in [0.25, 0.3) is 11.5 Å². The summed E-state index contributed by atoms with van der Waals surface area (Å²) >= 11 is 0. The van der Waals surface area contributed by atoms with E-state index in [0.717, 1.165) is 12.6 Å². The van der Waals surface area contributed by atoms with Crippen LogP contribution >= 0.6 is 0 Å². The molecule has 1 fully saturated rings. The van der Waals surface area contributed by atoms with Gasteiger partial charge in [-0.1, -0.05) is 0 Å². The Balaban J connectivity index is 2.14. The number of likely N-dealkylation sites (tertiary alicyclic amines) is 1. The predicted octanol–water partition coefficient (Wildman–Crippen LogP) is -0.610. The van der Waals surface area contributed by atoms with Gasteiger partial charge < -0.3 is 15.0 Å². The Morgan fingerprint density at radius 2 is 2.15 bits per heavy atom. The Bertz CT molecular complexity index is 632. The van der Waals surface area contributed by atoms with Gasteiger partial charge in [0.1, 0.15) is 5.56 Å². The van der Waals surface area contributed by atoms with Gasteiger partial charge in [0.15, 0.2) is 0 Å². The summed E-state index contributed by atoms with van der Waals surface area (Å²) in [6.07, 6.45) is 2.54. The van der Waals surface area contributed by atoms with Crippen molar-refractivity contribution in [3.05, 3.63) is 32.6 Å². The van der Waals surface area contributed by atoms with Gasteiger partial charge in [-0.3, -0.25) is 19.4 Å². The highest BCUT2D eigenvalue weighted by Gasteiger charge is 2.27. The Kier molecular flexibility index (Phi) is 4.02. The molecule has 1 atom stereocenters. The average Bonchev–Trinajstić information content (AvgIpc) is 2.37. The van der Waals surface area contributed by atoms with E-state index in [0.29, 0.717) is 19.5 Å². The third-order valence-electron chi connectivity index (χ3n) is 3.32. The second kappa shape index (κ2) is 5.72. The van der Waals surface area contributed by atoms with Gasteiger partial charge in [-0.25, -0.2) is 4.79 Å². The molecular weight excluding hydrogens is 266 g/mol. The SMILES string of the molecule is O=C(O)CC1CCCN(C(=O)c2c[nH]c(=O)[nH]c2=O)C1. The number of carboxylic acid groups (broad SMARTS) is 1. The number of hydrogen-bond acceptors (Lipinski definition) is 4. The standard InChI is InChI=1S/C12H15N3O5/c16-9(17)4-7-2-1-3-15(6-7)11(19)8-5-13-12(20)14-10(8)18/h5,7H,1-4,6H2,(H,16,17)(H2,13,14,18,20). The molecule has 2 rings (SSSR count). The minimum atomic E-state index is -0.897. The van der Waals surface area contributed by atoms with E-state index >= 15 is 0 Å². The van der Waals surface area contributed by atoms with Crippen molar-refractivity contribution < 1.29 is 14.7 Å². The molecule has 20 heavy (non-hydrogen) atoms. The molecule has 0 aliphatic carbocycles. The summed E-state index contributed by atoms with van der Waals surface area (Å²) < 4.78 is 0. The lowest BCUT2D eigenvalue weighted by Gasteiger charge is -2.31.